The Morgan fingerprint density at radius 1 is 0.750 bits per heavy atom. The lowest BCUT2D eigenvalue weighted by molar-refractivity contribution is 0.493. The molecule has 0 fully saturated rings. The Morgan fingerprint density at radius 2 is 1.10 bits per heavy atom. The molecule has 0 saturated carbocycles. The first-order valence-electron chi connectivity index (χ1n) is 8.33. The van der Waals surface area contributed by atoms with Gasteiger partial charge in [-0.05, 0) is 20.3 Å². The van der Waals surface area contributed by atoms with E-state index in [1.807, 2.05) is 0 Å². The molecular formula is C16H35NO2S. The summed E-state index contributed by atoms with van der Waals surface area (Å²) in [5.74, 6) is 0. The van der Waals surface area contributed by atoms with E-state index < -0.39 is 14.8 Å². The number of sulfonamides is 1. The van der Waals surface area contributed by atoms with Gasteiger partial charge in [0.25, 0.3) is 0 Å². The van der Waals surface area contributed by atoms with Crippen molar-refractivity contribution in [2.24, 2.45) is 5.14 Å². The van der Waals surface area contributed by atoms with Crippen LogP contribution in [0.2, 0.25) is 0 Å². The zero-order chi connectivity index (χ0) is 15.5. The highest BCUT2D eigenvalue weighted by Crippen LogP contribution is 2.22. The van der Waals surface area contributed by atoms with Gasteiger partial charge in [0.2, 0.25) is 10.0 Å². The minimum absolute atomic E-state index is 0.669. The number of nitrogens with two attached hydrogens (primary N) is 1. The number of hydrogen-bond donors (Lipinski definition) is 1. The van der Waals surface area contributed by atoms with Gasteiger partial charge in [0.1, 0.15) is 0 Å². The van der Waals surface area contributed by atoms with Gasteiger partial charge in [0.15, 0.2) is 0 Å². The van der Waals surface area contributed by atoms with Crippen LogP contribution < -0.4 is 5.14 Å². The molecule has 0 aromatic carbocycles. The van der Waals surface area contributed by atoms with E-state index in [1.54, 1.807) is 13.8 Å². The van der Waals surface area contributed by atoms with E-state index in [4.69, 9.17) is 5.14 Å². The van der Waals surface area contributed by atoms with Crippen LogP contribution in [0.4, 0.5) is 0 Å². The highest BCUT2D eigenvalue weighted by Gasteiger charge is 2.29. The average Bonchev–Trinajstić information content (AvgIpc) is 2.34. The average molecular weight is 306 g/mol. The second-order valence-electron chi connectivity index (χ2n) is 6.59. The summed E-state index contributed by atoms with van der Waals surface area (Å²) < 4.78 is 21.9. The molecule has 4 heteroatoms. The normalized spacial score (nSPS) is 12.8. The fraction of sp³-hybridized carbons (Fsp3) is 1.00. The molecule has 0 heterocycles. The van der Waals surface area contributed by atoms with Gasteiger partial charge in [0, 0.05) is 0 Å². The van der Waals surface area contributed by atoms with Gasteiger partial charge in [-0.3, -0.25) is 0 Å². The fourth-order valence-corrected chi connectivity index (χ4v) is 2.79. The maximum Gasteiger partial charge on any atom is 0.214 e. The first-order valence-corrected chi connectivity index (χ1v) is 9.88. The number of unbranched alkanes of at least 4 members (excludes halogenated alkanes) is 10. The van der Waals surface area contributed by atoms with Crippen LogP contribution in [0.1, 0.15) is 97.8 Å². The summed E-state index contributed by atoms with van der Waals surface area (Å²) in [6.07, 6.45) is 14.8. The minimum atomic E-state index is -3.41. The Labute approximate surface area is 126 Å². The van der Waals surface area contributed by atoms with E-state index in [2.05, 4.69) is 6.92 Å². The highest BCUT2D eigenvalue weighted by atomic mass is 32.2. The van der Waals surface area contributed by atoms with Crippen molar-refractivity contribution in [2.45, 2.75) is 103 Å². The highest BCUT2D eigenvalue weighted by molar-refractivity contribution is 7.90. The molecule has 122 valence electrons. The van der Waals surface area contributed by atoms with Gasteiger partial charge in [-0.1, -0.05) is 77.6 Å². The van der Waals surface area contributed by atoms with E-state index in [-0.39, 0.29) is 0 Å². The molecular weight excluding hydrogens is 270 g/mol. The van der Waals surface area contributed by atoms with Crippen molar-refractivity contribution in [2.75, 3.05) is 0 Å². The van der Waals surface area contributed by atoms with Crippen molar-refractivity contribution in [3.63, 3.8) is 0 Å². The van der Waals surface area contributed by atoms with Crippen molar-refractivity contribution >= 4 is 10.0 Å². The van der Waals surface area contributed by atoms with Crippen LogP contribution in [-0.4, -0.2) is 13.2 Å². The van der Waals surface area contributed by atoms with Crippen molar-refractivity contribution in [3.8, 4) is 0 Å². The maximum atomic E-state index is 11.3. The molecule has 0 amide bonds. The molecule has 0 unspecified atom stereocenters. The van der Waals surface area contributed by atoms with Crippen LogP contribution in [0.5, 0.6) is 0 Å². The number of rotatable bonds is 13. The molecule has 3 nitrogen and oxygen atoms in total. The summed E-state index contributed by atoms with van der Waals surface area (Å²) in [6.45, 7) is 5.69. The first kappa shape index (κ1) is 19.9. The second kappa shape index (κ2) is 10.6. The van der Waals surface area contributed by atoms with E-state index in [9.17, 15) is 8.42 Å². The number of primary sulfonamides is 1. The molecule has 0 aliphatic heterocycles. The van der Waals surface area contributed by atoms with Crippen molar-refractivity contribution < 1.29 is 8.42 Å². The summed E-state index contributed by atoms with van der Waals surface area (Å²) in [6, 6.07) is 0. The summed E-state index contributed by atoms with van der Waals surface area (Å²) in [5.41, 5.74) is 0. The van der Waals surface area contributed by atoms with Crippen LogP contribution in [0.3, 0.4) is 0 Å². The van der Waals surface area contributed by atoms with Gasteiger partial charge in [-0.25, -0.2) is 13.6 Å². The van der Waals surface area contributed by atoms with Crippen LogP contribution >= 0.6 is 0 Å². The van der Waals surface area contributed by atoms with Gasteiger partial charge in [0.05, 0.1) is 4.75 Å². The van der Waals surface area contributed by atoms with E-state index in [0.717, 1.165) is 12.8 Å². The lowest BCUT2D eigenvalue weighted by Crippen LogP contribution is -2.37. The summed E-state index contributed by atoms with van der Waals surface area (Å²) in [4.78, 5) is 0. The lowest BCUT2D eigenvalue weighted by Gasteiger charge is -2.21. The third-order valence-corrected chi connectivity index (χ3v) is 5.90. The second-order valence-corrected chi connectivity index (χ2v) is 8.79. The molecule has 0 atom stereocenters. The molecule has 0 aromatic rings. The minimum Gasteiger partial charge on any atom is -0.228 e. The Kier molecular flexibility index (Phi) is 10.6. The predicted molar refractivity (Wildman–Crippen MR) is 88.3 cm³/mol. The van der Waals surface area contributed by atoms with Crippen LogP contribution in [0, 0.1) is 0 Å². The number of hydrogen-bond acceptors (Lipinski definition) is 2. The summed E-state index contributed by atoms with van der Waals surface area (Å²) >= 11 is 0. The van der Waals surface area contributed by atoms with E-state index >= 15 is 0 Å². The van der Waals surface area contributed by atoms with Gasteiger partial charge >= 0.3 is 0 Å². The fourth-order valence-electron chi connectivity index (χ4n) is 2.36. The monoisotopic (exact) mass is 305 g/mol. The lowest BCUT2D eigenvalue weighted by atomic mass is 10.0. The van der Waals surface area contributed by atoms with Crippen molar-refractivity contribution in [1.29, 1.82) is 0 Å². The summed E-state index contributed by atoms with van der Waals surface area (Å²) in [7, 11) is -3.41. The largest absolute Gasteiger partial charge is 0.228 e. The molecule has 0 rings (SSSR count). The smallest absolute Gasteiger partial charge is 0.214 e. The van der Waals surface area contributed by atoms with Crippen LogP contribution in [-0.2, 0) is 10.0 Å². The van der Waals surface area contributed by atoms with Gasteiger partial charge in [-0.15, -0.1) is 0 Å². The van der Waals surface area contributed by atoms with Gasteiger partial charge < -0.3 is 0 Å². The Bertz CT molecular complexity index is 323. The molecule has 0 spiro atoms. The van der Waals surface area contributed by atoms with Crippen molar-refractivity contribution in [1.82, 2.24) is 0 Å². The standard InChI is InChI=1S/C16H35NO2S/c1-4-5-6-7-8-9-10-11-12-13-14-15-16(2,3)20(17,18)19/h4-15H2,1-3H3,(H2,17,18,19). The first-order chi connectivity index (χ1) is 9.31. The molecule has 0 aliphatic rings. The topological polar surface area (TPSA) is 60.2 Å². The molecule has 0 radical (unpaired) electrons. The SMILES string of the molecule is CCCCCCCCCCCCCC(C)(C)S(N)(=O)=O. The maximum absolute atomic E-state index is 11.3. The molecule has 0 bridgehead atoms. The molecule has 0 aliphatic carbocycles. The summed E-state index contributed by atoms with van der Waals surface area (Å²) in [5, 5.41) is 5.22. The zero-order valence-electron chi connectivity index (χ0n) is 13.8. The van der Waals surface area contributed by atoms with E-state index in [0.29, 0.717) is 6.42 Å². The van der Waals surface area contributed by atoms with Gasteiger partial charge in [-0.2, -0.15) is 0 Å². The Balaban J connectivity index is 3.37. The predicted octanol–water partition coefficient (Wildman–Crippen LogP) is 4.75. The molecule has 0 aromatic heterocycles. The molecule has 0 saturated heterocycles. The van der Waals surface area contributed by atoms with Crippen LogP contribution in [0.25, 0.3) is 0 Å². The third-order valence-electron chi connectivity index (χ3n) is 4.15. The van der Waals surface area contributed by atoms with Crippen LogP contribution in [0.15, 0.2) is 0 Å². The Morgan fingerprint density at radius 3 is 1.45 bits per heavy atom. The zero-order valence-corrected chi connectivity index (χ0v) is 14.6. The molecule has 20 heavy (non-hydrogen) atoms. The third kappa shape index (κ3) is 9.76. The van der Waals surface area contributed by atoms with Crippen molar-refractivity contribution in [3.05, 3.63) is 0 Å². The quantitative estimate of drug-likeness (QED) is 0.499. The van der Waals surface area contributed by atoms with E-state index in [1.165, 1.54) is 57.8 Å². The Hall–Kier alpha value is -0.0900. The molecule has 2 N–H and O–H groups in total.